The fourth-order valence-corrected chi connectivity index (χ4v) is 4.73. The fraction of sp³-hybridized carbons (Fsp3) is 0.111. The number of fused-ring (bicyclic) bond motifs is 3. The van der Waals surface area contributed by atoms with E-state index in [-0.39, 0.29) is 5.41 Å². The standard InChI is InChI=1S/C27H22BrN/c1-27(2)25-11-7-6-10-23(25)24-18-22(16-17-26(24)27)29(20-8-4-3-5-9-20)21-14-12-19(28)13-15-21/h3-18H,1-2H3. The highest BCUT2D eigenvalue weighted by molar-refractivity contribution is 9.10. The van der Waals surface area contributed by atoms with Crippen LogP contribution in [0.2, 0.25) is 0 Å². The number of halogens is 1. The molecular weight excluding hydrogens is 418 g/mol. The van der Waals surface area contributed by atoms with E-state index in [2.05, 4.69) is 132 Å². The van der Waals surface area contributed by atoms with Gasteiger partial charge < -0.3 is 4.90 Å². The molecule has 1 nitrogen and oxygen atoms in total. The van der Waals surface area contributed by atoms with Crippen molar-refractivity contribution >= 4 is 33.0 Å². The predicted molar refractivity (Wildman–Crippen MR) is 126 cm³/mol. The molecule has 5 rings (SSSR count). The minimum absolute atomic E-state index is 0.0274. The first kappa shape index (κ1) is 18.2. The molecule has 0 spiro atoms. The van der Waals surface area contributed by atoms with Gasteiger partial charge in [-0.15, -0.1) is 0 Å². The highest BCUT2D eigenvalue weighted by Crippen LogP contribution is 2.50. The Bertz CT molecular complexity index is 1180. The van der Waals surface area contributed by atoms with Crippen LogP contribution in [-0.4, -0.2) is 0 Å². The van der Waals surface area contributed by atoms with Gasteiger partial charge in [0.1, 0.15) is 0 Å². The van der Waals surface area contributed by atoms with Crippen molar-refractivity contribution in [2.75, 3.05) is 4.90 Å². The minimum Gasteiger partial charge on any atom is -0.310 e. The van der Waals surface area contributed by atoms with Crippen molar-refractivity contribution in [3.63, 3.8) is 0 Å². The number of anilines is 3. The van der Waals surface area contributed by atoms with Crippen LogP contribution in [0.5, 0.6) is 0 Å². The third-order valence-electron chi connectivity index (χ3n) is 5.92. The van der Waals surface area contributed by atoms with Gasteiger partial charge in [-0.3, -0.25) is 0 Å². The largest absolute Gasteiger partial charge is 0.310 e. The Hall–Kier alpha value is -2.84. The third-order valence-corrected chi connectivity index (χ3v) is 6.45. The van der Waals surface area contributed by atoms with Crippen LogP contribution in [-0.2, 0) is 5.41 Å². The van der Waals surface area contributed by atoms with Crippen LogP contribution in [0.4, 0.5) is 17.1 Å². The maximum atomic E-state index is 3.56. The van der Waals surface area contributed by atoms with E-state index in [1.165, 1.54) is 27.9 Å². The molecule has 0 unspecified atom stereocenters. The molecule has 0 N–H and O–H groups in total. The Kier molecular flexibility index (Phi) is 4.33. The molecule has 1 aliphatic carbocycles. The zero-order valence-electron chi connectivity index (χ0n) is 16.6. The normalized spacial score (nSPS) is 13.6. The molecule has 4 aromatic carbocycles. The molecule has 0 saturated heterocycles. The van der Waals surface area contributed by atoms with E-state index in [9.17, 15) is 0 Å². The summed E-state index contributed by atoms with van der Waals surface area (Å²) < 4.78 is 1.08. The maximum Gasteiger partial charge on any atom is 0.0468 e. The molecule has 0 aliphatic heterocycles. The summed E-state index contributed by atoms with van der Waals surface area (Å²) in [5.74, 6) is 0. The summed E-state index contributed by atoms with van der Waals surface area (Å²) in [5, 5.41) is 0. The zero-order chi connectivity index (χ0) is 20.0. The average Bonchev–Trinajstić information content (AvgIpc) is 2.98. The molecule has 0 heterocycles. The molecule has 0 bridgehead atoms. The molecule has 0 fully saturated rings. The van der Waals surface area contributed by atoms with Crippen LogP contribution in [0, 0.1) is 0 Å². The van der Waals surface area contributed by atoms with Gasteiger partial charge in [0.25, 0.3) is 0 Å². The molecule has 4 aromatic rings. The van der Waals surface area contributed by atoms with Crippen molar-refractivity contribution in [2.45, 2.75) is 19.3 Å². The first-order valence-corrected chi connectivity index (χ1v) is 10.7. The van der Waals surface area contributed by atoms with Crippen LogP contribution in [0.3, 0.4) is 0 Å². The van der Waals surface area contributed by atoms with E-state index in [0.29, 0.717) is 0 Å². The summed E-state index contributed by atoms with van der Waals surface area (Å²) in [6.07, 6.45) is 0. The smallest absolute Gasteiger partial charge is 0.0468 e. The fourth-order valence-electron chi connectivity index (χ4n) is 4.46. The van der Waals surface area contributed by atoms with Crippen molar-refractivity contribution in [3.8, 4) is 11.1 Å². The second-order valence-corrected chi connectivity index (χ2v) is 8.96. The molecule has 0 radical (unpaired) electrons. The van der Waals surface area contributed by atoms with E-state index in [1.807, 2.05) is 0 Å². The van der Waals surface area contributed by atoms with Gasteiger partial charge in [0.05, 0.1) is 0 Å². The number of nitrogens with zero attached hydrogens (tertiary/aromatic N) is 1. The van der Waals surface area contributed by atoms with Crippen LogP contribution in [0.25, 0.3) is 11.1 Å². The highest BCUT2D eigenvalue weighted by atomic mass is 79.9. The van der Waals surface area contributed by atoms with Gasteiger partial charge in [-0.1, -0.05) is 78.3 Å². The minimum atomic E-state index is 0.0274. The molecule has 0 saturated carbocycles. The van der Waals surface area contributed by atoms with E-state index < -0.39 is 0 Å². The zero-order valence-corrected chi connectivity index (χ0v) is 18.1. The quantitative estimate of drug-likeness (QED) is 0.310. The Morgan fingerprint density at radius 1 is 0.586 bits per heavy atom. The molecular formula is C27H22BrN. The summed E-state index contributed by atoms with van der Waals surface area (Å²) in [4.78, 5) is 2.32. The number of hydrogen-bond donors (Lipinski definition) is 0. The van der Waals surface area contributed by atoms with Gasteiger partial charge >= 0.3 is 0 Å². The lowest BCUT2D eigenvalue weighted by molar-refractivity contribution is 0.660. The summed E-state index contributed by atoms with van der Waals surface area (Å²) in [7, 11) is 0. The second kappa shape index (κ2) is 6.89. The van der Waals surface area contributed by atoms with Gasteiger partial charge in [-0.25, -0.2) is 0 Å². The van der Waals surface area contributed by atoms with Crippen molar-refractivity contribution in [1.82, 2.24) is 0 Å². The van der Waals surface area contributed by atoms with Gasteiger partial charge in [-0.05, 0) is 70.8 Å². The Morgan fingerprint density at radius 2 is 1.17 bits per heavy atom. The van der Waals surface area contributed by atoms with Gasteiger partial charge in [0.2, 0.25) is 0 Å². The molecule has 2 heteroatoms. The summed E-state index contributed by atoms with van der Waals surface area (Å²) in [5.41, 5.74) is 8.97. The van der Waals surface area contributed by atoms with Crippen molar-refractivity contribution in [3.05, 3.63) is 113 Å². The molecule has 29 heavy (non-hydrogen) atoms. The van der Waals surface area contributed by atoms with Crippen LogP contribution < -0.4 is 4.90 Å². The lowest BCUT2D eigenvalue weighted by atomic mass is 9.82. The number of hydrogen-bond acceptors (Lipinski definition) is 1. The van der Waals surface area contributed by atoms with E-state index in [0.717, 1.165) is 15.8 Å². The van der Waals surface area contributed by atoms with E-state index in [1.54, 1.807) is 0 Å². The van der Waals surface area contributed by atoms with Gasteiger partial charge in [0, 0.05) is 26.9 Å². The van der Waals surface area contributed by atoms with Gasteiger partial charge in [-0.2, -0.15) is 0 Å². The first-order chi connectivity index (χ1) is 14.1. The van der Waals surface area contributed by atoms with Crippen molar-refractivity contribution < 1.29 is 0 Å². The van der Waals surface area contributed by atoms with Crippen LogP contribution >= 0.6 is 15.9 Å². The second-order valence-electron chi connectivity index (χ2n) is 8.05. The predicted octanol–water partition coefficient (Wildman–Crippen LogP) is 8.23. The molecule has 0 aromatic heterocycles. The van der Waals surface area contributed by atoms with E-state index in [4.69, 9.17) is 0 Å². The first-order valence-electron chi connectivity index (χ1n) is 9.91. The lowest BCUT2D eigenvalue weighted by Gasteiger charge is -2.27. The van der Waals surface area contributed by atoms with Gasteiger partial charge in [0.15, 0.2) is 0 Å². The van der Waals surface area contributed by atoms with Crippen LogP contribution in [0.1, 0.15) is 25.0 Å². The average molecular weight is 440 g/mol. The molecule has 0 amide bonds. The maximum absolute atomic E-state index is 3.56. The molecule has 0 atom stereocenters. The van der Waals surface area contributed by atoms with Crippen molar-refractivity contribution in [1.29, 1.82) is 0 Å². The third kappa shape index (κ3) is 2.99. The number of para-hydroxylation sites is 1. The Labute approximate surface area is 180 Å². The summed E-state index contributed by atoms with van der Waals surface area (Å²) >= 11 is 3.56. The molecule has 142 valence electrons. The van der Waals surface area contributed by atoms with Crippen LogP contribution in [0.15, 0.2) is 102 Å². The summed E-state index contributed by atoms with van der Waals surface area (Å²) in [6, 6.07) is 34.8. The SMILES string of the molecule is CC1(C)c2ccccc2-c2cc(N(c3ccccc3)c3ccc(Br)cc3)ccc21. The topological polar surface area (TPSA) is 3.24 Å². The monoisotopic (exact) mass is 439 g/mol. The number of benzene rings is 4. The highest BCUT2D eigenvalue weighted by Gasteiger charge is 2.35. The Morgan fingerprint density at radius 3 is 1.93 bits per heavy atom. The van der Waals surface area contributed by atoms with Crippen molar-refractivity contribution in [2.24, 2.45) is 0 Å². The molecule has 1 aliphatic rings. The Balaban J connectivity index is 1.71. The number of rotatable bonds is 3. The summed E-state index contributed by atoms with van der Waals surface area (Å²) in [6.45, 7) is 4.64. The van der Waals surface area contributed by atoms with E-state index >= 15 is 0 Å². The lowest BCUT2D eigenvalue weighted by Crippen LogP contribution is -2.15.